The van der Waals surface area contributed by atoms with Gasteiger partial charge in [0, 0.05) is 0 Å². The van der Waals surface area contributed by atoms with E-state index in [0.29, 0.717) is 0 Å². The van der Waals surface area contributed by atoms with Crippen LogP contribution < -0.4 is 0 Å². The molecule has 0 aliphatic rings. The van der Waals surface area contributed by atoms with Crippen LogP contribution in [-0.2, 0) is 0 Å². The summed E-state index contributed by atoms with van der Waals surface area (Å²) in [6, 6.07) is 0. The highest BCUT2D eigenvalue weighted by atomic mass is 79.9. The second kappa shape index (κ2) is 3.82. The van der Waals surface area contributed by atoms with Gasteiger partial charge in [0.05, 0.1) is 4.47 Å². The molecule has 0 bridgehead atoms. The summed E-state index contributed by atoms with van der Waals surface area (Å²) in [5.74, 6) is -1.53. The Labute approximate surface area is 84.7 Å². The highest BCUT2D eigenvalue weighted by molar-refractivity contribution is 9.10. The molecule has 0 saturated heterocycles. The molecule has 76 valence electrons. The predicted octanol–water partition coefficient (Wildman–Crippen LogP) is 2.40. The SMILES string of the molecule is O=[N+]([O-])c1ncc(O)c(Br)c1C(F)F. The first-order chi connectivity index (χ1) is 6.45. The first-order valence-corrected chi connectivity index (χ1v) is 4.04. The van der Waals surface area contributed by atoms with Gasteiger partial charge in [-0.25, -0.2) is 8.78 Å². The van der Waals surface area contributed by atoms with Crippen LogP contribution in [0.2, 0.25) is 0 Å². The van der Waals surface area contributed by atoms with Gasteiger partial charge in [-0.2, -0.15) is 0 Å². The summed E-state index contributed by atoms with van der Waals surface area (Å²) in [7, 11) is 0. The molecule has 5 nitrogen and oxygen atoms in total. The molecule has 1 aromatic heterocycles. The molecule has 0 fully saturated rings. The summed E-state index contributed by atoms with van der Waals surface area (Å²) in [6.07, 6.45) is -2.35. The highest BCUT2D eigenvalue weighted by Crippen LogP contribution is 2.38. The summed E-state index contributed by atoms with van der Waals surface area (Å²) in [6.45, 7) is 0. The van der Waals surface area contributed by atoms with Gasteiger partial charge >= 0.3 is 5.82 Å². The van der Waals surface area contributed by atoms with Crippen LogP contribution in [0.1, 0.15) is 12.0 Å². The van der Waals surface area contributed by atoms with Crippen molar-refractivity contribution in [1.82, 2.24) is 4.98 Å². The van der Waals surface area contributed by atoms with E-state index in [1.165, 1.54) is 0 Å². The lowest BCUT2D eigenvalue weighted by Gasteiger charge is -2.04. The van der Waals surface area contributed by atoms with Crippen LogP contribution >= 0.6 is 15.9 Å². The first kappa shape index (κ1) is 10.8. The van der Waals surface area contributed by atoms with Crippen LogP contribution in [0.3, 0.4) is 0 Å². The van der Waals surface area contributed by atoms with E-state index in [1.807, 2.05) is 0 Å². The number of pyridine rings is 1. The quantitative estimate of drug-likeness (QED) is 0.660. The Bertz CT molecular complexity index is 386. The van der Waals surface area contributed by atoms with Crippen LogP contribution in [0.25, 0.3) is 0 Å². The van der Waals surface area contributed by atoms with Crippen LogP contribution in [0.4, 0.5) is 14.6 Å². The van der Waals surface area contributed by atoms with Gasteiger partial charge in [0.25, 0.3) is 6.43 Å². The Hall–Kier alpha value is -1.31. The lowest BCUT2D eigenvalue weighted by molar-refractivity contribution is -0.391. The monoisotopic (exact) mass is 268 g/mol. The lowest BCUT2D eigenvalue weighted by Crippen LogP contribution is -2.00. The number of alkyl halides is 2. The Balaban J connectivity index is 3.45. The second-order valence-electron chi connectivity index (χ2n) is 2.25. The molecule has 0 aliphatic heterocycles. The average Bonchev–Trinajstić information content (AvgIpc) is 2.08. The van der Waals surface area contributed by atoms with Crippen molar-refractivity contribution in [3.63, 3.8) is 0 Å². The smallest absolute Gasteiger partial charge is 0.373 e. The fourth-order valence-corrected chi connectivity index (χ4v) is 1.28. The number of hydrogen-bond acceptors (Lipinski definition) is 4. The van der Waals surface area contributed by atoms with Gasteiger partial charge < -0.3 is 15.2 Å². The summed E-state index contributed by atoms with van der Waals surface area (Å²) < 4.78 is 24.3. The normalized spacial score (nSPS) is 10.6. The Kier molecular flexibility index (Phi) is 2.94. The molecule has 1 heterocycles. The van der Waals surface area contributed by atoms with Crippen LogP contribution in [0.15, 0.2) is 10.7 Å². The molecule has 8 heteroatoms. The minimum Gasteiger partial charge on any atom is -0.503 e. The fourth-order valence-electron chi connectivity index (χ4n) is 0.824. The lowest BCUT2D eigenvalue weighted by atomic mass is 10.2. The minimum atomic E-state index is -3.08. The van der Waals surface area contributed by atoms with Gasteiger partial charge in [-0.05, 0) is 25.8 Å². The van der Waals surface area contributed by atoms with Gasteiger partial charge in [-0.15, -0.1) is 0 Å². The topological polar surface area (TPSA) is 76.3 Å². The van der Waals surface area contributed by atoms with Gasteiger partial charge in [0.1, 0.15) is 5.56 Å². The number of nitrogens with zero attached hydrogens (tertiary/aromatic N) is 2. The van der Waals surface area contributed by atoms with Crippen molar-refractivity contribution >= 4 is 21.7 Å². The van der Waals surface area contributed by atoms with E-state index in [-0.39, 0.29) is 0 Å². The predicted molar refractivity (Wildman–Crippen MR) is 45.2 cm³/mol. The third kappa shape index (κ3) is 1.79. The molecule has 1 rings (SSSR count). The number of halogens is 3. The van der Waals surface area contributed by atoms with Crippen molar-refractivity contribution < 1.29 is 18.8 Å². The largest absolute Gasteiger partial charge is 0.503 e. The van der Waals surface area contributed by atoms with Crippen molar-refractivity contribution in [2.24, 2.45) is 0 Å². The van der Waals surface area contributed by atoms with E-state index in [9.17, 15) is 18.9 Å². The third-order valence-corrected chi connectivity index (χ3v) is 2.24. The average molecular weight is 269 g/mol. The molecule has 0 unspecified atom stereocenters. The number of nitro groups is 1. The second-order valence-corrected chi connectivity index (χ2v) is 3.05. The molecule has 0 spiro atoms. The molecular formula is C6H3BrF2N2O3. The van der Waals surface area contributed by atoms with Crippen molar-refractivity contribution in [3.05, 3.63) is 26.3 Å². The van der Waals surface area contributed by atoms with E-state index < -0.39 is 33.0 Å². The highest BCUT2D eigenvalue weighted by Gasteiger charge is 2.28. The molecule has 14 heavy (non-hydrogen) atoms. The zero-order chi connectivity index (χ0) is 10.9. The zero-order valence-electron chi connectivity index (χ0n) is 6.45. The van der Waals surface area contributed by atoms with E-state index in [4.69, 9.17) is 5.11 Å². The Morgan fingerprint density at radius 3 is 2.64 bits per heavy atom. The summed E-state index contributed by atoms with van der Waals surface area (Å²) in [5, 5.41) is 19.3. The third-order valence-electron chi connectivity index (χ3n) is 1.40. The number of rotatable bonds is 2. The molecule has 0 atom stereocenters. The standard InChI is InChI=1S/C6H3BrF2N2O3/c7-4-2(12)1-10-6(11(13)14)3(4)5(8)9/h1,5,12H. The van der Waals surface area contributed by atoms with E-state index >= 15 is 0 Å². The number of hydrogen-bond donors (Lipinski definition) is 1. The van der Waals surface area contributed by atoms with E-state index in [0.717, 1.165) is 6.20 Å². The van der Waals surface area contributed by atoms with Crippen LogP contribution in [0.5, 0.6) is 5.75 Å². The molecule has 1 aromatic rings. The van der Waals surface area contributed by atoms with Crippen molar-refractivity contribution in [1.29, 1.82) is 0 Å². The van der Waals surface area contributed by atoms with E-state index in [1.54, 1.807) is 0 Å². The maximum atomic E-state index is 12.3. The van der Waals surface area contributed by atoms with Crippen molar-refractivity contribution in [2.45, 2.75) is 6.43 Å². The van der Waals surface area contributed by atoms with Crippen molar-refractivity contribution in [2.75, 3.05) is 0 Å². The molecule has 0 amide bonds. The van der Waals surface area contributed by atoms with E-state index in [2.05, 4.69) is 20.9 Å². The molecule has 0 radical (unpaired) electrons. The zero-order valence-corrected chi connectivity index (χ0v) is 8.03. The summed E-state index contributed by atoms with van der Waals surface area (Å²) in [4.78, 5) is 12.4. The van der Waals surface area contributed by atoms with Gasteiger partial charge in [0.15, 0.2) is 11.9 Å². The fraction of sp³-hybridized carbons (Fsp3) is 0.167. The Morgan fingerprint density at radius 2 is 2.21 bits per heavy atom. The molecular weight excluding hydrogens is 266 g/mol. The molecule has 0 saturated carbocycles. The van der Waals surface area contributed by atoms with Crippen LogP contribution in [-0.4, -0.2) is 15.0 Å². The Morgan fingerprint density at radius 1 is 1.64 bits per heavy atom. The molecule has 0 aromatic carbocycles. The summed E-state index contributed by atoms with van der Waals surface area (Å²) in [5.41, 5.74) is -0.921. The van der Waals surface area contributed by atoms with Crippen molar-refractivity contribution in [3.8, 4) is 5.75 Å². The minimum absolute atomic E-state index is 0.408. The van der Waals surface area contributed by atoms with Gasteiger partial charge in [-0.3, -0.25) is 0 Å². The first-order valence-electron chi connectivity index (χ1n) is 3.25. The number of aromatic nitrogens is 1. The summed E-state index contributed by atoms with van der Waals surface area (Å²) >= 11 is 2.63. The van der Waals surface area contributed by atoms with Gasteiger partial charge in [0.2, 0.25) is 0 Å². The van der Waals surface area contributed by atoms with Crippen LogP contribution in [0, 0.1) is 10.1 Å². The number of aromatic hydroxyl groups is 1. The maximum Gasteiger partial charge on any atom is 0.373 e. The maximum absolute atomic E-state index is 12.3. The molecule has 0 aliphatic carbocycles. The van der Waals surface area contributed by atoms with Gasteiger partial charge in [-0.1, -0.05) is 0 Å². The molecule has 1 N–H and O–H groups in total.